The van der Waals surface area contributed by atoms with E-state index in [0.717, 1.165) is 43.9 Å². The van der Waals surface area contributed by atoms with Gasteiger partial charge in [-0.25, -0.2) is 0 Å². The Morgan fingerprint density at radius 2 is 1.88 bits per heavy atom. The van der Waals surface area contributed by atoms with Crippen LogP contribution >= 0.6 is 0 Å². The molecule has 2 rings (SSSR count). The molecule has 0 spiro atoms. The summed E-state index contributed by atoms with van der Waals surface area (Å²) in [6, 6.07) is 8.77. The molecule has 1 aromatic carbocycles. The molecule has 6 nitrogen and oxygen atoms in total. The van der Waals surface area contributed by atoms with E-state index in [9.17, 15) is 5.11 Å². The minimum absolute atomic E-state index is 0.138. The molecule has 1 saturated carbocycles. The quantitative estimate of drug-likeness (QED) is 0.512. The average molecular weight is 363 g/mol. The summed E-state index contributed by atoms with van der Waals surface area (Å²) in [5, 5.41) is 16.6. The molecule has 26 heavy (non-hydrogen) atoms. The predicted octanol–water partition coefficient (Wildman–Crippen LogP) is 2.16. The summed E-state index contributed by atoms with van der Waals surface area (Å²) in [7, 11) is 5.84. The maximum Gasteiger partial charge on any atom is 0.191 e. The Bertz CT molecular complexity index is 551. The van der Waals surface area contributed by atoms with Crippen LogP contribution in [0.15, 0.2) is 29.3 Å². The molecular formula is C20H34N4O2. The van der Waals surface area contributed by atoms with E-state index >= 15 is 0 Å². The summed E-state index contributed by atoms with van der Waals surface area (Å²) in [6.45, 7) is 3.58. The van der Waals surface area contributed by atoms with Gasteiger partial charge in [-0.3, -0.25) is 4.99 Å². The van der Waals surface area contributed by atoms with E-state index in [4.69, 9.17) is 9.73 Å². The van der Waals surface area contributed by atoms with Crippen LogP contribution in [0.3, 0.4) is 0 Å². The molecule has 0 radical (unpaired) electrons. The fourth-order valence-electron chi connectivity index (χ4n) is 3.30. The first-order valence-electron chi connectivity index (χ1n) is 9.56. The normalized spacial score (nSPS) is 22.2. The number of hydrogen-bond donors (Lipinski definition) is 3. The van der Waals surface area contributed by atoms with Gasteiger partial charge in [0, 0.05) is 12.6 Å². The number of likely N-dealkylation sites (N-methyl/N-ethyl adjacent to an activating group) is 1. The van der Waals surface area contributed by atoms with Crippen molar-refractivity contribution in [2.75, 3.05) is 34.3 Å². The van der Waals surface area contributed by atoms with Crippen molar-refractivity contribution in [2.24, 2.45) is 4.99 Å². The number of nitrogens with one attached hydrogen (secondary N) is 2. The number of guanidine groups is 1. The Hall–Kier alpha value is -1.79. The molecule has 6 heteroatoms. The Morgan fingerprint density at radius 3 is 2.42 bits per heavy atom. The van der Waals surface area contributed by atoms with Crippen molar-refractivity contribution in [3.8, 4) is 5.75 Å². The van der Waals surface area contributed by atoms with Crippen LogP contribution < -0.4 is 15.4 Å². The lowest BCUT2D eigenvalue weighted by Gasteiger charge is -2.28. The van der Waals surface area contributed by atoms with E-state index in [0.29, 0.717) is 12.6 Å². The summed E-state index contributed by atoms with van der Waals surface area (Å²) in [6.07, 6.45) is 3.57. The summed E-state index contributed by atoms with van der Waals surface area (Å²) >= 11 is 0. The monoisotopic (exact) mass is 362 g/mol. The number of aliphatic hydroxyl groups excluding tert-OH is 1. The van der Waals surface area contributed by atoms with Gasteiger partial charge in [-0.1, -0.05) is 12.1 Å². The number of nitrogens with zero attached hydrogens (tertiary/aromatic N) is 2. The first-order valence-corrected chi connectivity index (χ1v) is 9.56. The molecule has 146 valence electrons. The van der Waals surface area contributed by atoms with Gasteiger partial charge in [0.15, 0.2) is 5.96 Å². The molecular weight excluding hydrogens is 328 g/mol. The highest BCUT2D eigenvalue weighted by Gasteiger charge is 2.20. The summed E-state index contributed by atoms with van der Waals surface area (Å²) < 4.78 is 5.25. The Balaban J connectivity index is 2.03. The minimum atomic E-state index is -0.138. The van der Waals surface area contributed by atoms with Crippen LogP contribution in [0.2, 0.25) is 0 Å². The van der Waals surface area contributed by atoms with Crippen LogP contribution in [-0.4, -0.2) is 62.4 Å². The van der Waals surface area contributed by atoms with E-state index in [1.54, 1.807) is 7.11 Å². The van der Waals surface area contributed by atoms with Gasteiger partial charge < -0.3 is 25.4 Å². The molecule has 1 unspecified atom stereocenters. The minimum Gasteiger partial charge on any atom is -0.497 e. The molecule has 3 N–H and O–H groups in total. The van der Waals surface area contributed by atoms with Crippen LogP contribution in [-0.2, 0) is 0 Å². The first kappa shape index (κ1) is 20.5. The van der Waals surface area contributed by atoms with Crippen molar-refractivity contribution in [3.63, 3.8) is 0 Å². The third kappa shape index (κ3) is 6.18. The average Bonchev–Trinajstić information content (AvgIpc) is 2.64. The lowest BCUT2D eigenvalue weighted by atomic mass is 9.93. The maximum atomic E-state index is 9.68. The highest BCUT2D eigenvalue weighted by atomic mass is 16.5. The van der Waals surface area contributed by atoms with Crippen LogP contribution in [0.1, 0.15) is 44.2 Å². The van der Waals surface area contributed by atoms with Gasteiger partial charge in [0.25, 0.3) is 0 Å². The third-order valence-corrected chi connectivity index (χ3v) is 4.93. The second-order valence-electron chi connectivity index (χ2n) is 7.12. The van der Waals surface area contributed by atoms with Gasteiger partial charge in [0.1, 0.15) is 5.75 Å². The number of methoxy groups -OCH3 is 1. The van der Waals surface area contributed by atoms with Crippen LogP contribution in [0, 0.1) is 0 Å². The standard InChI is InChI=1S/C20H34N4O2/c1-5-21-20(23-16-8-10-17(25)11-9-16)22-14-19(24(2)3)15-6-12-18(26-4)13-7-15/h6-7,12-13,16-17,19,25H,5,8-11,14H2,1-4H3,(H2,21,22,23). The van der Waals surface area contributed by atoms with Gasteiger partial charge in [-0.15, -0.1) is 0 Å². The van der Waals surface area contributed by atoms with Crippen molar-refractivity contribution < 1.29 is 9.84 Å². The highest BCUT2D eigenvalue weighted by Crippen LogP contribution is 2.22. The van der Waals surface area contributed by atoms with Crippen LogP contribution in [0.5, 0.6) is 5.75 Å². The lowest BCUT2D eigenvalue weighted by molar-refractivity contribution is 0.120. The zero-order valence-electron chi connectivity index (χ0n) is 16.5. The fraction of sp³-hybridized carbons (Fsp3) is 0.650. The Kier molecular flexibility index (Phi) is 8.19. The molecule has 1 aliphatic rings. The smallest absolute Gasteiger partial charge is 0.191 e. The molecule has 0 saturated heterocycles. The number of benzene rings is 1. The zero-order valence-corrected chi connectivity index (χ0v) is 16.5. The van der Waals surface area contributed by atoms with E-state index < -0.39 is 0 Å². The molecule has 1 atom stereocenters. The zero-order chi connectivity index (χ0) is 18.9. The molecule has 0 bridgehead atoms. The topological polar surface area (TPSA) is 69.1 Å². The maximum absolute atomic E-state index is 9.68. The molecule has 1 fully saturated rings. The largest absolute Gasteiger partial charge is 0.497 e. The van der Waals surface area contributed by atoms with Crippen LogP contribution in [0.25, 0.3) is 0 Å². The number of hydrogen-bond acceptors (Lipinski definition) is 4. The number of aliphatic imine (C=N–C) groups is 1. The predicted molar refractivity (Wildman–Crippen MR) is 107 cm³/mol. The molecule has 1 aliphatic carbocycles. The van der Waals surface area contributed by atoms with E-state index in [1.807, 2.05) is 12.1 Å². The van der Waals surface area contributed by atoms with Crippen molar-refractivity contribution in [1.29, 1.82) is 0 Å². The van der Waals surface area contributed by atoms with E-state index in [-0.39, 0.29) is 12.1 Å². The number of ether oxygens (including phenoxy) is 1. The molecule has 1 aromatic rings. The Morgan fingerprint density at radius 1 is 1.23 bits per heavy atom. The van der Waals surface area contributed by atoms with Crippen molar-refractivity contribution in [1.82, 2.24) is 15.5 Å². The van der Waals surface area contributed by atoms with Crippen molar-refractivity contribution in [3.05, 3.63) is 29.8 Å². The molecule has 0 amide bonds. The molecule has 0 aliphatic heterocycles. The number of aliphatic hydroxyl groups is 1. The third-order valence-electron chi connectivity index (χ3n) is 4.93. The summed E-state index contributed by atoms with van der Waals surface area (Å²) in [5.41, 5.74) is 1.22. The van der Waals surface area contributed by atoms with E-state index in [1.165, 1.54) is 5.56 Å². The van der Waals surface area contributed by atoms with Gasteiger partial charge in [-0.2, -0.15) is 0 Å². The van der Waals surface area contributed by atoms with Crippen molar-refractivity contribution in [2.45, 2.75) is 50.8 Å². The first-order chi connectivity index (χ1) is 12.5. The summed E-state index contributed by atoms with van der Waals surface area (Å²) in [4.78, 5) is 7.01. The second kappa shape index (κ2) is 10.4. The van der Waals surface area contributed by atoms with Gasteiger partial charge in [-0.05, 0) is 64.4 Å². The molecule has 0 heterocycles. The molecule has 0 aromatic heterocycles. The van der Waals surface area contributed by atoms with Gasteiger partial charge in [0.2, 0.25) is 0 Å². The fourth-order valence-corrected chi connectivity index (χ4v) is 3.30. The van der Waals surface area contributed by atoms with Gasteiger partial charge in [0.05, 0.1) is 25.8 Å². The second-order valence-corrected chi connectivity index (χ2v) is 7.12. The Labute approximate surface area is 157 Å². The summed E-state index contributed by atoms with van der Waals surface area (Å²) in [5.74, 6) is 1.72. The van der Waals surface area contributed by atoms with Gasteiger partial charge >= 0.3 is 0 Å². The van der Waals surface area contributed by atoms with Crippen molar-refractivity contribution >= 4 is 5.96 Å². The van der Waals surface area contributed by atoms with E-state index in [2.05, 4.69) is 48.7 Å². The van der Waals surface area contributed by atoms with Crippen LogP contribution in [0.4, 0.5) is 0 Å². The lowest BCUT2D eigenvalue weighted by Crippen LogP contribution is -2.45. The SMILES string of the molecule is CCNC(=NCC(c1ccc(OC)cc1)N(C)C)NC1CCC(O)CC1. The number of rotatable bonds is 7. The highest BCUT2D eigenvalue weighted by molar-refractivity contribution is 5.80.